The number of benzene rings is 2. The number of aromatic amines is 1. The number of alkyl halides is 1. The van der Waals surface area contributed by atoms with Crippen LogP contribution in [0.2, 0.25) is 0 Å². The number of halogens is 2. The van der Waals surface area contributed by atoms with Crippen LogP contribution < -0.4 is 5.73 Å². The van der Waals surface area contributed by atoms with Gasteiger partial charge in [0.1, 0.15) is 5.82 Å². The fraction of sp³-hybridized carbons (Fsp3) is 0.125. The van der Waals surface area contributed by atoms with Crippen LogP contribution in [0.4, 0.5) is 4.39 Å². The molecule has 4 heteroatoms. The molecule has 0 bridgehead atoms. The van der Waals surface area contributed by atoms with Crippen LogP contribution in [0.15, 0.2) is 42.5 Å². The highest BCUT2D eigenvalue weighted by atomic mass is 79.9. The molecule has 0 aliphatic heterocycles. The SMILES string of the molecule is NCc1ccc2[nH]c(-c3ccc(F)c(CBr)c3)cc2c1. The molecule has 0 unspecified atom stereocenters. The summed E-state index contributed by atoms with van der Waals surface area (Å²) < 4.78 is 13.5. The van der Waals surface area contributed by atoms with Gasteiger partial charge in [-0.1, -0.05) is 22.0 Å². The highest BCUT2D eigenvalue weighted by Crippen LogP contribution is 2.27. The number of hydrogen-bond donors (Lipinski definition) is 2. The van der Waals surface area contributed by atoms with Gasteiger partial charge in [-0.3, -0.25) is 0 Å². The molecule has 0 amide bonds. The molecule has 1 heterocycles. The summed E-state index contributed by atoms with van der Waals surface area (Å²) in [7, 11) is 0. The van der Waals surface area contributed by atoms with Crippen molar-refractivity contribution in [3.8, 4) is 11.3 Å². The first kappa shape index (κ1) is 13.3. The standard InChI is InChI=1S/C16H14BrFN2/c17-8-13-6-11(2-3-14(13)18)16-7-12-5-10(9-19)1-4-15(12)20-16/h1-7,20H,8-9,19H2. The van der Waals surface area contributed by atoms with Crippen LogP contribution in [-0.2, 0) is 11.9 Å². The Hall–Kier alpha value is -1.65. The highest BCUT2D eigenvalue weighted by Gasteiger charge is 2.07. The second-order valence-electron chi connectivity index (χ2n) is 4.75. The Balaban J connectivity index is 2.09. The summed E-state index contributed by atoms with van der Waals surface area (Å²) in [4.78, 5) is 3.36. The second-order valence-corrected chi connectivity index (χ2v) is 5.31. The Morgan fingerprint density at radius 1 is 1.10 bits per heavy atom. The monoisotopic (exact) mass is 332 g/mol. The molecule has 0 saturated carbocycles. The molecular weight excluding hydrogens is 319 g/mol. The normalized spacial score (nSPS) is 11.2. The maximum atomic E-state index is 13.5. The fourth-order valence-corrected chi connectivity index (χ4v) is 2.74. The van der Waals surface area contributed by atoms with Gasteiger partial charge in [-0.2, -0.15) is 0 Å². The van der Waals surface area contributed by atoms with Gasteiger partial charge < -0.3 is 10.7 Å². The van der Waals surface area contributed by atoms with E-state index < -0.39 is 0 Å². The Morgan fingerprint density at radius 3 is 2.70 bits per heavy atom. The predicted octanol–water partition coefficient (Wildman–Crippen LogP) is 4.33. The smallest absolute Gasteiger partial charge is 0.127 e. The molecule has 2 aromatic carbocycles. The van der Waals surface area contributed by atoms with Gasteiger partial charge in [0.2, 0.25) is 0 Å². The molecule has 0 spiro atoms. The largest absolute Gasteiger partial charge is 0.355 e. The Labute approximate surface area is 124 Å². The molecule has 0 aliphatic rings. The van der Waals surface area contributed by atoms with Crippen LogP contribution in [0.25, 0.3) is 22.2 Å². The van der Waals surface area contributed by atoms with E-state index in [9.17, 15) is 4.39 Å². The van der Waals surface area contributed by atoms with Crippen molar-refractivity contribution >= 4 is 26.8 Å². The zero-order valence-electron chi connectivity index (χ0n) is 10.8. The van der Waals surface area contributed by atoms with Gasteiger partial charge in [0, 0.05) is 28.5 Å². The number of H-pyrrole nitrogens is 1. The Morgan fingerprint density at radius 2 is 1.95 bits per heavy atom. The van der Waals surface area contributed by atoms with E-state index in [0.717, 1.165) is 27.7 Å². The van der Waals surface area contributed by atoms with E-state index in [4.69, 9.17) is 5.73 Å². The van der Waals surface area contributed by atoms with Crippen LogP contribution in [0, 0.1) is 5.82 Å². The minimum absolute atomic E-state index is 0.188. The molecule has 0 atom stereocenters. The minimum Gasteiger partial charge on any atom is -0.355 e. The van der Waals surface area contributed by atoms with Crippen molar-refractivity contribution in [2.45, 2.75) is 11.9 Å². The summed E-state index contributed by atoms with van der Waals surface area (Å²) in [5.41, 5.74) is 10.4. The average molecular weight is 333 g/mol. The van der Waals surface area contributed by atoms with Gasteiger partial charge in [-0.05, 0) is 53.1 Å². The van der Waals surface area contributed by atoms with Crippen LogP contribution in [0.5, 0.6) is 0 Å². The summed E-state index contributed by atoms with van der Waals surface area (Å²) >= 11 is 3.30. The Bertz CT molecular complexity index is 764. The Kier molecular flexibility index (Phi) is 3.59. The third-order valence-electron chi connectivity index (χ3n) is 3.42. The van der Waals surface area contributed by atoms with E-state index in [-0.39, 0.29) is 5.82 Å². The van der Waals surface area contributed by atoms with Gasteiger partial charge in [0.05, 0.1) is 0 Å². The van der Waals surface area contributed by atoms with Crippen molar-refractivity contribution in [2.75, 3.05) is 0 Å². The molecule has 2 nitrogen and oxygen atoms in total. The van der Waals surface area contributed by atoms with Crippen LogP contribution in [0.1, 0.15) is 11.1 Å². The number of aromatic nitrogens is 1. The molecule has 3 aromatic rings. The molecule has 0 radical (unpaired) electrons. The molecule has 0 aliphatic carbocycles. The topological polar surface area (TPSA) is 41.8 Å². The van der Waals surface area contributed by atoms with Crippen molar-refractivity contribution in [1.82, 2.24) is 4.98 Å². The molecule has 0 saturated heterocycles. The summed E-state index contributed by atoms with van der Waals surface area (Å²) in [6.07, 6.45) is 0. The van der Waals surface area contributed by atoms with Crippen LogP contribution >= 0.6 is 15.9 Å². The molecule has 1 aromatic heterocycles. The average Bonchev–Trinajstić information content (AvgIpc) is 2.90. The summed E-state index contributed by atoms with van der Waals surface area (Å²) in [5.74, 6) is -0.188. The van der Waals surface area contributed by atoms with Crippen LogP contribution in [0.3, 0.4) is 0 Å². The summed E-state index contributed by atoms with van der Waals surface area (Å²) in [6.45, 7) is 0.529. The zero-order chi connectivity index (χ0) is 14.1. The van der Waals surface area contributed by atoms with E-state index in [2.05, 4.69) is 33.0 Å². The lowest BCUT2D eigenvalue weighted by atomic mass is 10.1. The highest BCUT2D eigenvalue weighted by molar-refractivity contribution is 9.08. The number of nitrogens with one attached hydrogen (secondary N) is 1. The van der Waals surface area contributed by atoms with Crippen LogP contribution in [-0.4, -0.2) is 4.98 Å². The maximum Gasteiger partial charge on any atom is 0.127 e. The first-order valence-electron chi connectivity index (χ1n) is 6.38. The molecule has 3 rings (SSSR count). The van der Waals surface area contributed by atoms with E-state index in [1.165, 1.54) is 6.07 Å². The molecule has 0 fully saturated rings. The number of nitrogens with two attached hydrogens (primary N) is 1. The molecular formula is C16H14BrFN2. The number of fused-ring (bicyclic) bond motifs is 1. The zero-order valence-corrected chi connectivity index (χ0v) is 12.4. The van der Waals surface area contributed by atoms with E-state index >= 15 is 0 Å². The second kappa shape index (κ2) is 5.38. The van der Waals surface area contributed by atoms with Gasteiger partial charge >= 0.3 is 0 Å². The molecule has 3 N–H and O–H groups in total. The van der Waals surface area contributed by atoms with E-state index in [1.807, 2.05) is 18.2 Å². The van der Waals surface area contributed by atoms with Crippen molar-refractivity contribution in [2.24, 2.45) is 5.73 Å². The van der Waals surface area contributed by atoms with Crippen molar-refractivity contribution < 1.29 is 4.39 Å². The summed E-state index contributed by atoms with van der Waals surface area (Å²) in [5, 5.41) is 1.62. The maximum absolute atomic E-state index is 13.5. The third kappa shape index (κ3) is 2.37. The number of rotatable bonds is 3. The summed E-state index contributed by atoms with van der Waals surface area (Å²) in [6, 6.07) is 13.3. The van der Waals surface area contributed by atoms with E-state index in [1.54, 1.807) is 6.07 Å². The lowest BCUT2D eigenvalue weighted by Gasteiger charge is -2.02. The fourth-order valence-electron chi connectivity index (χ4n) is 2.31. The quantitative estimate of drug-likeness (QED) is 0.689. The number of hydrogen-bond acceptors (Lipinski definition) is 1. The van der Waals surface area contributed by atoms with Gasteiger partial charge in [-0.15, -0.1) is 0 Å². The first-order chi connectivity index (χ1) is 9.71. The lowest BCUT2D eigenvalue weighted by molar-refractivity contribution is 0.618. The lowest BCUT2D eigenvalue weighted by Crippen LogP contribution is -1.94. The molecule has 20 heavy (non-hydrogen) atoms. The van der Waals surface area contributed by atoms with Gasteiger partial charge in [0.25, 0.3) is 0 Å². The third-order valence-corrected chi connectivity index (χ3v) is 4.03. The molecule has 102 valence electrons. The minimum atomic E-state index is -0.188. The van der Waals surface area contributed by atoms with Crippen molar-refractivity contribution in [3.05, 3.63) is 59.4 Å². The predicted molar refractivity (Wildman–Crippen MR) is 84.2 cm³/mol. The van der Waals surface area contributed by atoms with Crippen molar-refractivity contribution in [3.63, 3.8) is 0 Å². The first-order valence-corrected chi connectivity index (χ1v) is 7.50. The van der Waals surface area contributed by atoms with E-state index in [0.29, 0.717) is 17.4 Å². The van der Waals surface area contributed by atoms with Gasteiger partial charge in [-0.25, -0.2) is 4.39 Å². The van der Waals surface area contributed by atoms with Gasteiger partial charge in [0.15, 0.2) is 0 Å². The van der Waals surface area contributed by atoms with Crippen molar-refractivity contribution in [1.29, 1.82) is 0 Å².